The minimum absolute atomic E-state index is 0.123. The zero-order chi connectivity index (χ0) is 30.5. The van der Waals surface area contributed by atoms with Gasteiger partial charge in [-0.3, -0.25) is 0 Å². The van der Waals surface area contributed by atoms with Crippen LogP contribution in [0.4, 0.5) is 8.78 Å². The van der Waals surface area contributed by atoms with Crippen LogP contribution >= 0.6 is 0 Å². The van der Waals surface area contributed by atoms with Crippen LogP contribution in [0.3, 0.4) is 0 Å². The number of fused-ring (bicyclic) bond motifs is 1. The fourth-order valence-electron chi connectivity index (χ4n) is 4.72. The number of hydrogen-bond donors (Lipinski definition) is 1. The van der Waals surface area contributed by atoms with Gasteiger partial charge in [0.05, 0.1) is 46.5 Å². The Bertz CT molecular complexity index is 1940. The number of nitrogens with zero attached hydrogens (tertiary/aromatic N) is 4. The lowest BCUT2D eigenvalue weighted by molar-refractivity contribution is 0.0697. The normalized spacial score (nSPS) is 10.8. The van der Waals surface area contributed by atoms with Crippen molar-refractivity contribution in [3.63, 3.8) is 0 Å². The van der Waals surface area contributed by atoms with Crippen LogP contribution < -0.4 is 4.74 Å². The van der Waals surface area contributed by atoms with Gasteiger partial charge in [0.2, 0.25) is 0 Å². The van der Waals surface area contributed by atoms with Gasteiger partial charge in [0.1, 0.15) is 29.8 Å². The van der Waals surface area contributed by atoms with Crippen molar-refractivity contribution in [2.24, 2.45) is 0 Å². The predicted octanol–water partition coefficient (Wildman–Crippen LogP) is 6.24. The second kappa shape index (κ2) is 12.5. The zero-order valence-corrected chi connectivity index (χ0v) is 23.0. The molecule has 1 heterocycles. The van der Waals surface area contributed by atoms with Crippen molar-refractivity contribution < 1.29 is 28.2 Å². The molecular formula is C33H24F2N4O4. The summed E-state index contributed by atoms with van der Waals surface area (Å²) in [6, 6.07) is 22.1. The largest absolute Gasteiger partial charge is 0.489 e. The number of carbonyl (C=O) groups is 1. The van der Waals surface area contributed by atoms with E-state index >= 15 is 4.39 Å². The molecule has 0 aliphatic heterocycles. The monoisotopic (exact) mass is 578 g/mol. The molecule has 0 spiro atoms. The van der Waals surface area contributed by atoms with Gasteiger partial charge in [-0.05, 0) is 71.3 Å². The number of halogens is 2. The Kier molecular flexibility index (Phi) is 8.42. The number of methoxy groups -OCH3 is 1. The molecule has 10 heteroatoms. The summed E-state index contributed by atoms with van der Waals surface area (Å²) in [5.74, 6) is -1.27. The number of carboxylic acid groups (broad SMARTS) is 1. The first-order chi connectivity index (χ1) is 20.8. The van der Waals surface area contributed by atoms with Gasteiger partial charge in [-0.1, -0.05) is 18.2 Å². The summed E-state index contributed by atoms with van der Waals surface area (Å²) in [6.07, 6.45) is 0.148. The van der Waals surface area contributed by atoms with Crippen LogP contribution in [0.1, 0.15) is 38.4 Å². The van der Waals surface area contributed by atoms with Gasteiger partial charge in [-0.2, -0.15) is 10.5 Å². The van der Waals surface area contributed by atoms with Crippen LogP contribution in [-0.4, -0.2) is 34.3 Å². The molecule has 0 saturated heterocycles. The number of carboxylic acids is 1. The Morgan fingerprint density at radius 2 is 1.67 bits per heavy atom. The van der Waals surface area contributed by atoms with E-state index in [1.165, 1.54) is 30.3 Å². The highest BCUT2D eigenvalue weighted by atomic mass is 19.1. The van der Waals surface area contributed by atoms with Gasteiger partial charge in [0.15, 0.2) is 0 Å². The highest BCUT2D eigenvalue weighted by Gasteiger charge is 2.16. The van der Waals surface area contributed by atoms with Crippen molar-refractivity contribution in [2.75, 3.05) is 13.7 Å². The van der Waals surface area contributed by atoms with Crippen molar-refractivity contribution in [2.45, 2.75) is 19.6 Å². The Morgan fingerprint density at radius 3 is 2.37 bits per heavy atom. The Balaban J connectivity index is 1.42. The fourth-order valence-corrected chi connectivity index (χ4v) is 4.72. The number of rotatable bonds is 10. The van der Waals surface area contributed by atoms with E-state index in [1.54, 1.807) is 43.5 Å². The van der Waals surface area contributed by atoms with Crippen LogP contribution in [0.2, 0.25) is 0 Å². The number of imidazole rings is 1. The van der Waals surface area contributed by atoms with E-state index < -0.39 is 17.6 Å². The lowest BCUT2D eigenvalue weighted by Crippen LogP contribution is -2.10. The molecule has 1 aromatic heterocycles. The third-order valence-electron chi connectivity index (χ3n) is 6.94. The molecule has 43 heavy (non-hydrogen) atoms. The van der Waals surface area contributed by atoms with E-state index in [9.17, 15) is 19.6 Å². The SMILES string of the molecule is COCCn1c(Cc2ccc(-c3cc(C#N)cc(OCc4ccc(C#N)cc4F)c3)cc2F)nc2ccc(C(=O)O)cc21. The summed E-state index contributed by atoms with van der Waals surface area (Å²) in [4.78, 5) is 16.1. The Labute approximate surface area is 245 Å². The third-order valence-corrected chi connectivity index (χ3v) is 6.94. The summed E-state index contributed by atoms with van der Waals surface area (Å²) < 4.78 is 42.6. The van der Waals surface area contributed by atoms with Gasteiger partial charge in [-0.25, -0.2) is 18.6 Å². The van der Waals surface area contributed by atoms with Gasteiger partial charge in [-0.15, -0.1) is 0 Å². The average Bonchev–Trinajstić information content (AvgIpc) is 3.35. The summed E-state index contributed by atoms with van der Waals surface area (Å²) in [6.45, 7) is 0.632. The topological polar surface area (TPSA) is 121 Å². The van der Waals surface area contributed by atoms with Crippen LogP contribution in [0.5, 0.6) is 5.75 Å². The molecule has 0 unspecified atom stereocenters. The fraction of sp³-hybridized carbons (Fsp3) is 0.152. The predicted molar refractivity (Wildman–Crippen MR) is 153 cm³/mol. The maximum atomic E-state index is 15.5. The van der Waals surface area contributed by atoms with Crippen LogP contribution in [0, 0.1) is 34.3 Å². The van der Waals surface area contributed by atoms with E-state index in [0.717, 1.165) is 6.07 Å². The quantitative estimate of drug-likeness (QED) is 0.208. The van der Waals surface area contributed by atoms with Crippen molar-refractivity contribution in [3.8, 4) is 29.0 Å². The summed E-state index contributed by atoms with van der Waals surface area (Å²) >= 11 is 0. The van der Waals surface area contributed by atoms with E-state index in [2.05, 4.69) is 11.1 Å². The van der Waals surface area contributed by atoms with E-state index in [-0.39, 0.29) is 35.3 Å². The number of aromatic carboxylic acids is 1. The molecule has 0 fully saturated rings. The van der Waals surface area contributed by atoms with E-state index in [0.29, 0.717) is 52.4 Å². The second-order valence-electron chi connectivity index (χ2n) is 9.73. The molecule has 0 radical (unpaired) electrons. The number of hydrogen-bond acceptors (Lipinski definition) is 6. The average molecular weight is 579 g/mol. The molecule has 214 valence electrons. The molecule has 0 aliphatic carbocycles. The molecule has 0 bridgehead atoms. The van der Waals surface area contributed by atoms with E-state index in [1.807, 2.05) is 10.6 Å². The molecule has 0 aliphatic rings. The lowest BCUT2D eigenvalue weighted by atomic mass is 10.00. The van der Waals surface area contributed by atoms with Gasteiger partial charge >= 0.3 is 5.97 Å². The first-order valence-corrected chi connectivity index (χ1v) is 13.2. The highest BCUT2D eigenvalue weighted by molar-refractivity contribution is 5.92. The second-order valence-corrected chi connectivity index (χ2v) is 9.73. The van der Waals surface area contributed by atoms with Gasteiger partial charge < -0.3 is 19.1 Å². The summed E-state index contributed by atoms with van der Waals surface area (Å²) in [7, 11) is 1.56. The molecule has 8 nitrogen and oxygen atoms in total. The summed E-state index contributed by atoms with van der Waals surface area (Å²) in [5, 5.41) is 27.9. The minimum Gasteiger partial charge on any atom is -0.489 e. The minimum atomic E-state index is -1.06. The number of benzene rings is 4. The van der Waals surface area contributed by atoms with Crippen molar-refractivity contribution >= 4 is 17.0 Å². The Morgan fingerprint density at radius 1 is 0.907 bits per heavy atom. The van der Waals surface area contributed by atoms with Crippen LogP contribution in [-0.2, 0) is 24.3 Å². The summed E-state index contributed by atoms with van der Waals surface area (Å²) in [5.41, 5.74) is 3.47. The third kappa shape index (κ3) is 6.35. The zero-order valence-electron chi connectivity index (χ0n) is 23.0. The smallest absolute Gasteiger partial charge is 0.335 e. The highest BCUT2D eigenvalue weighted by Crippen LogP contribution is 2.29. The lowest BCUT2D eigenvalue weighted by Gasteiger charge is -2.12. The molecular weight excluding hydrogens is 554 g/mol. The molecule has 0 atom stereocenters. The maximum absolute atomic E-state index is 15.5. The molecule has 5 rings (SSSR count). The standard InChI is InChI=1S/C33H24F2N4O4/c1-42-9-8-39-31-15-24(33(40)41)6-7-30(31)38-32(39)16-23-5-4-22(14-29(23)35)26-10-21(18-37)11-27(13-26)43-19-25-3-2-20(17-36)12-28(25)34/h2-7,10-15H,8-9,16,19H2,1H3,(H,40,41). The van der Waals surface area contributed by atoms with Gasteiger partial charge in [0.25, 0.3) is 0 Å². The number of aromatic nitrogens is 2. The van der Waals surface area contributed by atoms with E-state index in [4.69, 9.17) is 14.7 Å². The molecule has 0 saturated carbocycles. The molecule has 4 aromatic carbocycles. The van der Waals surface area contributed by atoms with Crippen LogP contribution in [0.15, 0.2) is 72.8 Å². The van der Waals surface area contributed by atoms with Crippen molar-refractivity contribution in [3.05, 3.63) is 118 Å². The molecule has 0 amide bonds. The maximum Gasteiger partial charge on any atom is 0.335 e. The number of ether oxygens (including phenoxy) is 2. The van der Waals surface area contributed by atoms with Crippen LogP contribution in [0.25, 0.3) is 22.2 Å². The Hall–Kier alpha value is -5.58. The number of nitriles is 2. The molecule has 1 N–H and O–H groups in total. The first kappa shape index (κ1) is 28.9. The molecule has 5 aromatic rings. The van der Waals surface area contributed by atoms with Gasteiger partial charge in [0, 0.05) is 25.6 Å². The first-order valence-electron chi connectivity index (χ1n) is 13.2. The van der Waals surface area contributed by atoms with Crippen molar-refractivity contribution in [1.29, 1.82) is 10.5 Å². The van der Waals surface area contributed by atoms with Crippen molar-refractivity contribution in [1.82, 2.24) is 9.55 Å².